The van der Waals surface area contributed by atoms with E-state index in [0.717, 1.165) is 24.0 Å². The molecule has 3 aromatic rings. The van der Waals surface area contributed by atoms with Gasteiger partial charge in [0, 0.05) is 25.8 Å². The first-order valence-corrected chi connectivity index (χ1v) is 11.1. The number of H-pyrrole nitrogens is 1. The van der Waals surface area contributed by atoms with E-state index in [-0.39, 0.29) is 11.7 Å². The lowest BCUT2D eigenvalue weighted by molar-refractivity contribution is 0.0713. The van der Waals surface area contributed by atoms with E-state index in [9.17, 15) is 9.18 Å². The van der Waals surface area contributed by atoms with Crippen LogP contribution in [0.15, 0.2) is 60.8 Å². The third-order valence-corrected chi connectivity index (χ3v) is 6.51. The van der Waals surface area contributed by atoms with Crippen LogP contribution in [0.25, 0.3) is 0 Å². The van der Waals surface area contributed by atoms with Gasteiger partial charge in [0.25, 0.3) is 5.91 Å². The lowest BCUT2D eigenvalue weighted by atomic mass is 9.89. The number of benzene rings is 2. The molecule has 0 radical (unpaired) electrons. The highest BCUT2D eigenvalue weighted by atomic mass is 35.5. The van der Waals surface area contributed by atoms with Gasteiger partial charge in [0.05, 0.1) is 16.3 Å². The minimum Gasteiger partial charge on any atom is -0.379 e. The number of rotatable bonds is 5. The van der Waals surface area contributed by atoms with E-state index < -0.39 is 0 Å². The number of amides is 1. The molecule has 1 aromatic heterocycles. The van der Waals surface area contributed by atoms with Gasteiger partial charge in [-0.2, -0.15) is 0 Å². The first-order valence-electron chi connectivity index (χ1n) is 10.3. The zero-order valence-electron chi connectivity index (χ0n) is 16.9. The number of anilines is 1. The molecule has 0 bridgehead atoms. The van der Waals surface area contributed by atoms with Crippen molar-refractivity contribution in [1.82, 2.24) is 9.88 Å². The monoisotopic (exact) mass is 455 g/mol. The molecular formula is C24H23ClFN3OS. The number of carbonyl (C=O) groups is 1. The molecule has 1 aliphatic rings. The second-order valence-electron chi connectivity index (χ2n) is 7.68. The normalized spacial score (nSPS) is 14.5. The molecule has 7 heteroatoms. The van der Waals surface area contributed by atoms with Gasteiger partial charge in [0.15, 0.2) is 0 Å². The summed E-state index contributed by atoms with van der Waals surface area (Å²) in [5.41, 5.74) is 3.23. The summed E-state index contributed by atoms with van der Waals surface area (Å²) in [6.45, 7) is 1.80. The number of nitrogens with one attached hydrogen (secondary N) is 2. The van der Waals surface area contributed by atoms with Crippen LogP contribution in [0.3, 0.4) is 0 Å². The molecule has 0 unspecified atom stereocenters. The second kappa shape index (κ2) is 9.62. The summed E-state index contributed by atoms with van der Waals surface area (Å²) in [7, 11) is 0. The van der Waals surface area contributed by atoms with Gasteiger partial charge in [-0.05, 0) is 42.0 Å². The molecule has 1 aliphatic heterocycles. The van der Waals surface area contributed by atoms with Gasteiger partial charge >= 0.3 is 0 Å². The fourth-order valence-corrected chi connectivity index (χ4v) is 4.34. The van der Waals surface area contributed by atoms with E-state index in [1.54, 1.807) is 6.20 Å². The average Bonchev–Trinajstić information content (AvgIpc) is 2.81. The van der Waals surface area contributed by atoms with E-state index in [0.29, 0.717) is 46.5 Å². The van der Waals surface area contributed by atoms with E-state index >= 15 is 0 Å². The third-order valence-electron chi connectivity index (χ3n) is 5.70. The van der Waals surface area contributed by atoms with Crippen LogP contribution in [0.5, 0.6) is 0 Å². The maximum absolute atomic E-state index is 13.3. The molecule has 1 fully saturated rings. The first kappa shape index (κ1) is 21.5. The molecule has 31 heavy (non-hydrogen) atoms. The summed E-state index contributed by atoms with van der Waals surface area (Å²) in [5.74, 6) is 0.0111. The molecule has 1 amide bonds. The van der Waals surface area contributed by atoms with Crippen LogP contribution in [0.4, 0.5) is 10.1 Å². The van der Waals surface area contributed by atoms with Gasteiger partial charge in [-0.1, -0.05) is 66.3 Å². The number of aromatic amines is 1. The molecule has 2 N–H and O–H groups in total. The molecule has 4 nitrogen and oxygen atoms in total. The van der Waals surface area contributed by atoms with E-state index in [2.05, 4.69) is 10.3 Å². The molecule has 0 saturated carbocycles. The van der Waals surface area contributed by atoms with Gasteiger partial charge in [-0.25, -0.2) is 4.39 Å². The van der Waals surface area contributed by atoms with Crippen LogP contribution in [0.2, 0.25) is 5.02 Å². The predicted molar refractivity (Wildman–Crippen MR) is 125 cm³/mol. The predicted octanol–water partition coefficient (Wildman–Crippen LogP) is 6.17. The molecule has 0 atom stereocenters. The van der Waals surface area contributed by atoms with Crippen molar-refractivity contribution >= 4 is 35.4 Å². The van der Waals surface area contributed by atoms with Gasteiger partial charge in [0.2, 0.25) is 0 Å². The smallest absolute Gasteiger partial charge is 0.257 e. The SMILES string of the molecule is O=C(c1c[nH]c(=S)c(Cl)c1NCc1ccccc1)N1CCC(c2ccc(F)cc2)CC1. The highest BCUT2D eigenvalue weighted by Gasteiger charge is 2.27. The van der Waals surface area contributed by atoms with Crippen LogP contribution in [-0.2, 0) is 6.54 Å². The minimum atomic E-state index is -0.231. The number of likely N-dealkylation sites (tertiary alicyclic amines) is 1. The van der Waals surface area contributed by atoms with Crippen LogP contribution < -0.4 is 5.32 Å². The highest BCUT2D eigenvalue weighted by Crippen LogP contribution is 2.32. The topological polar surface area (TPSA) is 48.1 Å². The van der Waals surface area contributed by atoms with Crippen molar-refractivity contribution in [3.63, 3.8) is 0 Å². The maximum atomic E-state index is 13.3. The van der Waals surface area contributed by atoms with Crippen molar-refractivity contribution in [2.45, 2.75) is 25.3 Å². The number of piperidine rings is 1. The summed E-state index contributed by atoms with van der Waals surface area (Å²) in [6.07, 6.45) is 3.30. The minimum absolute atomic E-state index is 0.0822. The summed E-state index contributed by atoms with van der Waals surface area (Å²) in [6, 6.07) is 16.6. The standard InChI is InChI=1S/C24H23ClFN3OS/c25-21-22(27-14-16-4-2-1-3-5-16)20(15-28-23(21)31)24(30)29-12-10-18(11-13-29)17-6-8-19(26)9-7-17/h1-9,15,18H,10-14H2,(H2,27,28,31). The summed E-state index contributed by atoms with van der Waals surface area (Å²) in [5, 5.41) is 3.64. The zero-order chi connectivity index (χ0) is 21.8. The Morgan fingerprint density at radius 3 is 2.48 bits per heavy atom. The number of aromatic nitrogens is 1. The van der Waals surface area contributed by atoms with Crippen molar-refractivity contribution < 1.29 is 9.18 Å². The number of hydrogen-bond donors (Lipinski definition) is 2. The van der Waals surface area contributed by atoms with Crippen molar-refractivity contribution in [3.8, 4) is 0 Å². The Bertz CT molecular complexity index is 1110. The van der Waals surface area contributed by atoms with Gasteiger partial charge in [-0.3, -0.25) is 4.79 Å². The first-order chi connectivity index (χ1) is 15.0. The van der Waals surface area contributed by atoms with Gasteiger partial charge in [-0.15, -0.1) is 0 Å². The van der Waals surface area contributed by atoms with Crippen molar-refractivity contribution in [2.24, 2.45) is 0 Å². The molecule has 4 rings (SSSR count). The number of carbonyl (C=O) groups excluding carboxylic acids is 1. The number of pyridine rings is 1. The molecule has 160 valence electrons. The molecule has 0 aliphatic carbocycles. The van der Waals surface area contributed by atoms with E-state index in [1.807, 2.05) is 47.4 Å². The van der Waals surface area contributed by atoms with Crippen molar-refractivity contribution in [2.75, 3.05) is 18.4 Å². The van der Waals surface area contributed by atoms with E-state index in [4.69, 9.17) is 23.8 Å². The fourth-order valence-electron chi connectivity index (χ4n) is 3.95. The lowest BCUT2D eigenvalue weighted by Crippen LogP contribution is -2.38. The van der Waals surface area contributed by atoms with Crippen LogP contribution >= 0.6 is 23.8 Å². The summed E-state index contributed by atoms with van der Waals surface area (Å²) >= 11 is 11.7. The largest absolute Gasteiger partial charge is 0.379 e. The molecule has 0 spiro atoms. The zero-order valence-corrected chi connectivity index (χ0v) is 18.5. The Morgan fingerprint density at radius 2 is 1.81 bits per heavy atom. The van der Waals surface area contributed by atoms with Gasteiger partial charge < -0.3 is 15.2 Å². The Kier molecular flexibility index (Phi) is 6.68. The van der Waals surface area contributed by atoms with Gasteiger partial charge in [0.1, 0.15) is 10.5 Å². The number of hydrogen-bond acceptors (Lipinski definition) is 3. The van der Waals surface area contributed by atoms with Crippen LogP contribution in [0.1, 0.15) is 40.2 Å². The molecule has 2 heterocycles. The van der Waals surface area contributed by atoms with Crippen LogP contribution in [0, 0.1) is 10.5 Å². The maximum Gasteiger partial charge on any atom is 0.257 e. The molecule has 1 saturated heterocycles. The quantitative estimate of drug-likeness (QED) is 0.452. The van der Waals surface area contributed by atoms with E-state index in [1.165, 1.54) is 12.1 Å². The Balaban J connectivity index is 1.48. The molecule has 2 aromatic carbocycles. The summed E-state index contributed by atoms with van der Waals surface area (Å²) in [4.78, 5) is 18.1. The Hall–Kier alpha value is -2.70. The van der Waals surface area contributed by atoms with Crippen LogP contribution in [-0.4, -0.2) is 28.9 Å². The number of halogens is 2. The molecular weight excluding hydrogens is 433 g/mol. The van der Waals surface area contributed by atoms with Crippen molar-refractivity contribution in [1.29, 1.82) is 0 Å². The fraction of sp³-hybridized carbons (Fsp3) is 0.250. The summed E-state index contributed by atoms with van der Waals surface area (Å²) < 4.78 is 13.6. The Labute approximate surface area is 191 Å². The third kappa shape index (κ3) is 4.97. The highest BCUT2D eigenvalue weighted by molar-refractivity contribution is 7.71. The average molecular weight is 456 g/mol. The van der Waals surface area contributed by atoms with Crippen molar-refractivity contribution in [3.05, 3.63) is 93.0 Å². The lowest BCUT2D eigenvalue weighted by Gasteiger charge is -2.32. The number of nitrogens with zero attached hydrogens (tertiary/aromatic N) is 1. The Morgan fingerprint density at radius 1 is 1.13 bits per heavy atom. The second-order valence-corrected chi connectivity index (χ2v) is 8.46.